The highest BCUT2D eigenvalue weighted by Gasteiger charge is 2.19. The average molecular weight is 879 g/mol. The zero-order chi connectivity index (χ0) is 46.5. The minimum absolute atomic E-state index is 0.156. The molecule has 0 aromatic heterocycles. The van der Waals surface area contributed by atoms with Crippen LogP contribution in [-0.4, -0.2) is 37.2 Å². The van der Waals surface area contributed by atoms with Crippen molar-refractivity contribution in [3.05, 3.63) is 158 Å². The maximum Gasteiger partial charge on any atom is 0.306 e. The standard InChI is InChI=1S/C58H86O6/c1-4-7-10-13-16-19-22-25-27-29-31-33-36-39-42-45-48-51-57(60)63-54-55(53-62-56(59)50-47-44-41-38-35-32-24-21-18-15-12-9-6-3)64-58(61)52-49-46-43-40-37-34-30-28-26-23-20-17-14-11-8-5-2/h7-8,10-11,13,16-17,19-20,22,25-29,31-37,41,43-44,46,55H,4-6,9,12,14-15,18,21,23-24,30,38-40,42,45,47-54H2,1-3H3/b10-7-,11-8-,16-13-,20-17-,22-19-,27-25-,28-26-,31-29+,35-32-,36-33-,37-34-,44-41-,46-43-. The van der Waals surface area contributed by atoms with Crippen molar-refractivity contribution < 1.29 is 28.6 Å². The Morgan fingerprint density at radius 2 is 0.719 bits per heavy atom. The fraction of sp³-hybridized carbons (Fsp3) is 0.500. The van der Waals surface area contributed by atoms with Gasteiger partial charge in [-0.2, -0.15) is 0 Å². The molecule has 0 spiro atoms. The quantitative estimate of drug-likeness (QED) is 0.0200. The smallest absolute Gasteiger partial charge is 0.306 e. The van der Waals surface area contributed by atoms with Gasteiger partial charge in [-0.05, 0) is 89.9 Å². The largest absolute Gasteiger partial charge is 0.462 e. The molecule has 0 saturated heterocycles. The Labute approximate surface area is 390 Å². The second kappa shape index (κ2) is 50.7. The van der Waals surface area contributed by atoms with Crippen LogP contribution in [0.5, 0.6) is 0 Å². The van der Waals surface area contributed by atoms with Gasteiger partial charge in [-0.1, -0.05) is 217 Å². The van der Waals surface area contributed by atoms with Crippen LogP contribution < -0.4 is 0 Å². The van der Waals surface area contributed by atoms with Gasteiger partial charge >= 0.3 is 17.9 Å². The maximum atomic E-state index is 12.7. The molecule has 0 fully saturated rings. The zero-order valence-electron chi connectivity index (χ0n) is 40.2. The minimum atomic E-state index is -0.866. The van der Waals surface area contributed by atoms with E-state index in [1.165, 1.54) is 38.5 Å². The first-order chi connectivity index (χ1) is 31.5. The summed E-state index contributed by atoms with van der Waals surface area (Å²) in [6, 6.07) is 0. The van der Waals surface area contributed by atoms with Gasteiger partial charge in [0.2, 0.25) is 0 Å². The molecule has 0 saturated carbocycles. The second-order valence-corrected chi connectivity index (χ2v) is 15.4. The van der Waals surface area contributed by atoms with Crippen molar-refractivity contribution in [2.24, 2.45) is 0 Å². The van der Waals surface area contributed by atoms with E-state index in [4.69, 9.17) is 14.2 Å². The van der Waals surface area contributed by atoms with E-state index in [9.17, 15) is 14.4 Å². The van der Waals surface area contributed by atoms with Crippen LogP contribution in [0.1, 0.15) is 168 Å². The van der Waals surface area contributed by atoms with E-state index in [-0.39, 0.29) is 44.4 Å². The topological polar surface area (TPSA) is 78.9 Å². The summed E-state index contributed by atoms with van der Waals surface area (Å²) in [5.74, 6) is -1.17. The number of esters is 3. The van der Waals surface area contributed by atoms with Crippen LogP contribution in [0.4, 0.5) is 0 Å². The van der Waals surface area contributed by atoms with Crippen molar-refractivity contribution >= 4 is 17.9 Å². The number of carbonyl (C=O) groups is 3. The van der Waals surface area contributed by atoms with Crippen LogP contribution in [0.2, 0.25) is 0 Å². The molecule has 6 heteroatoms. The first-order valence-corrected chi connectivity index (χ1v) is 24.6. The fourth-order valence-electron chi connectivity index (χ4n) is 5.81. The third-order valence-electron chi connectivity index (χ3n) is 9.44. The molecule has 0 amide bonds. The molecule has 0 rings (SSSR count). The van der Waals surface area contributed by atoms with Crippen LogP contribution in [-0.2, 0) is 28.6 Å². The summed E-state index contributed by atoms with van der Waals surface area (Å²) >= 11 is 0. The molecular formula is C58H86O6. The molecule has 0 heterocycles. The lowest BCUT2D eigenvalue weighted by Gasteiger charge is -2.18. The van der Waals surface area contributed by atoms with E-state index < -0.39 is 12.1 Å². The second-order valence-electron chi connectivity index (χ2n) is 15.4. The number of ether oxygens (including phenoxy) is 3. The summed E-state index contributed by atoms with van der Waals surface area (Å²) < 4.78 is 16.6. The first-order valence-electron chi connectivity index (χ1n) is 24.6. The molecule has 6 nitrogen and oxygen atoms in total. The Kier molecular flexibility index (Phi) is 46.7. The van der Waals surface area contributed by atoms with Gasteiger partial charge in [0.25, 0.3) is 0 Å². The highest BCUT2D eigenvalue weighted by atomic mass is 16.6. The molecule has 0 bridgehead atoms. The molecule has 0 aromatic carbocycles. The van der Waals surface area contributed by atoms with Gasteiger partial charge in [0, 0.05) is 19.3 Å². The van der Waals surface area contributed by atoms with Crippen molar-refractivity contribution in [3.63, 3.8) is 0 Å². The van der Waals surface area contributed by atoms with E-state index in [0.29, 0.717) is 19.3 Å². The first kappa shape index (κ1) is 59.0. The Morgan fingerprint density at radius 1 is 0.344 bits per heavy atom. The van der Waals surface area contributed by atoms with Crippen molar-refractivity contribution in [1.29, 1.82) is 0 Å². The number of hydrogen-bond acceptors (Lipinski definition) is 6. The van der Waals surface area contributed by atoms with E-state index in [1.54, 1.807) is 0 Å². The molecule has 0 radical (unpaired) electrons. The van der Waals surface area contributed by atoms with E-state index in [1.807, 2.05) is 79.0 Å². The molecule has 0 aliphatic carbocycles. The summed E-state index contributed by atoms with van der Waals surface area (Å²) in [7, 11) is 0. The lowest BCUT2D eigenvalue weighted by Crippen LogP contribution is -2.30. The highest BCUT2D eigenvalue weighted by Crippen LogP contribution is 2.10. The van der Waals surface area contributed by atoms with Crippen molar-refractivity contribution in [1.82, 2.24) is 0 Å². The zero-order valence-corrected chi connectivity index (χ0v) is 40.2. The summed E-state index contributed by atoms with van der Waals surface area (Å²) in [6.45, 7) is 6.17. The number of allylic oxidation sites excluding steroid dienone is 26. The average Bonchev–Trinajstić information content (AvgIpc) is 3.29. The Balaban J connectivity index is 4.70. The summed E-state index contributed by atoms with van der Waals surface area (Å²) in [6.07, 6.45) is 73.9. The number of carbonyl (C=O) groups excluding carboxylic acids is 3. The molecule has 64 heavy (non-hydrogen) atoms. The van der Waals surface area contributed by atoms with Crippen molar-refractivity contribution in [3.8, 4) is 0 Å². The van der Waals surface area contributed by atoms with Gasteiger partial charge < -0.3 is 14.2 Å². The van der Waals surface area contributed by atoms with Gasteiger partial charge in [0.05, 0.1) is 0 Å². The predicted molar refractivity (Wildman–Crippen MR) is 274 cm³/mol. The molecule has 1 unspecified atom stereocenters. The Bertz CT molecular complexity index is 1520. The van der Waals surface area contributed by atoms with Gasteiger partial charge in [-0.15, -0.1) is 0 Å². The van der Waals surface area contributed by atoms with Gasteiger partial charge in [0.1, 0.15) is 13.2 Å². The predicted octanol–water partition coefficient (Wildman–Crippen LogP) is 16.2. The Hall–Kier alpha value is -4.97. The van der Waals surface area contributed by atoms with Gasteiger partial charge in [-0.25, -0.2) is 0 Å². The Morgan fingerprint density at radius 3 is 1.23 bits per heavy atom. The maximum absolute atomic E-state index is 12.7. The lowest BCUT2D eigenvalue weighted by molar-refractivity contribution is -0.166. The number of rotatable bonds is 41. The molecule has 0 aliphatic heterocycles. The molecule has 1 atom stereocenters. The fourth-order valence-corrected chi connectivity index (χ4v) is 5.81. The molecular weight excluding hydrogens is 793 g/mol. The molecule has 0 aromatic rings. The van der Waals surface area contributed by atoms with Crippen molar-refractivity contribution in [2.45, 2.75) is 175 Å². The van der Waals surface area contributed by atoms with E-state index >= 15 is 0 Å². The van der Waals surface area contributed by atoms with E-state index in [0.717, 1.165) is 70.6 Å². The van der Waals surface area contributed by atoms with Crippen LogP contribution >= 0.6 is 0 Å². The van der Waals surface area contributed by atoms with Crippen LogP contribution in [0.15, 0.2) is 158 Å². The molecule has 354 valence electrons. The number of hydrogen-bond donors (Lipinski definition) is 0. The monoisotopic (exact) mass is 879 g/mol. The van der Waals surface area contributed by atoms with Crippen LogP contribution in [0, 0.1) is 0 Å². The van der Waals surface area contributed by atoms with Crippen LogP contribution in [0.3, 0.4) is 0 Å². The summed E-state index contributed by atoms with van der Waals surface area (Å²) in [4.78, 5) is 37.9. The minimum Gasteiger partial charge on any atom is -0.462 e. The normalized spacial score (nSPS) is 13.5. The molecule has 0 N–H and O–H groups in total. The lowest BCUT2D eigenvalue weighted by atomic mass is 10.1. The van der Waals surface area contributed by atoms with Gasteiger partial charge in [-0.3, -0.25) is 14.4 Å². The van der Waals surface area contributed by atoms with Crippen LogP contribution in [0.25, 0.3) is 0 Å². The van der Waals surface area contributed by atoms with Gasteiger partial charge in [0.15, 0.2) is 6.10 Å². The van der Waals surface area contributed by atoms with E-state index in [2.05, 4.69) is 99.8 Å². The highest BCUT2D eigenvalue weighted by molar-refractivity contribution is 5.71. The molecule has 0 aliphatic rings. The number of unbranched alkanes of at least 4 members (excludes halogenated alkanes) is 9. The third-order valence-corrected chi connectivity index (χ3v) is 9.44. The SMILES string of the molecule is CC\C=C/C=C\C=C/C=C\C=C\C=C/CCCCCC(=O)OCC(COC(=O)CC/C=C\C/C=C\CCCCCCCC)OC(=O)CC/C=C\C/C=C\C/C=C\C/C=C\C/C=C\CC. The summed E-state index contributed by atoms with van der Waals surface area (Å²) in [5.41, 5.74) is 0. The third kappa shape index (κ3) is 48.1. The van der Waals surface area contributed by atoms with Crippen molar-refractivity contribution in [2.75, 3.05) is 13.2 Å². The summed E-state index contributed by atoms with van der Waals surface area (Å²) in [5, 5.41) is 0.